The van der Waals surface area contributed by atoms with E-state index >= 15 is 0 Å². The van der Waals surface area contributed by atoms with Gasteiger partial charge in [-0.2, -0.15) is 0 Å². The molecule has 0 rings (SSSR count). The van der Waals surface area contributed by atoms with Crippen LogP contribution in [0.25, 0.3) is 0 Å². The van der Waals surface area contributed by atoms with Gasteiger partial charge in [-0.3, -0.25) is 14.4 Å². The number of hydrogen-bond donors (Lipinski definition) is 0. The fourth-order valence-electron chi connectivity index (χ4n) is 2.37. The van der Waals surface area contributed by atoms with Crippen LogP contribution in [0, 0.1) is 0 Å². The van der Waals surface area contributed by atoms with E-state index in [1.54, 1.807) is 0 Å². The van der Waals surface area contributed by atoms with Crippen molar-refractivity contribution in [1.29, 1.82) is 0 Å². The summed E-state index contributed by atoms with van der Waals surface area (Å²) in [6.07, 6.45) is 22.1. The van der Waals surface area contributed by atoms with Gasteiger partial charge in [-0.25, -0.2) is 0 Å². The maximum absolute atomic E-state index is 10.5. The lowest BCUT2D eigenvalue weighted by molar-refractivity contribution is -0.149. The molecule has 4 nitrogen and oxygen atoms in total. The van der Waals surface area contributed by atoms with E-state index in [-0.39, 0.29) is 5.24 Å². The molecule has 0 aromatic heterocycles. The Hall–Kier alpha value is -1.13. The van der Waals surface area contributed by atoms with Crippen LogP contribution in [-0.2, 0) is 19.1 Å². The molecule has 0 unspecified atom stereocenters. The lowest BCUT2D eigenvalue weighted by Crippen LogP contribution is -2.18. The van der Waals surface area contributed by atoms with Crippen LogP contribution in [0.1, 0.15) is 97.8 Å². The molecule has 0 heterocycles. The summed E-state index contributed by atoms with van der Waals surface area (Å²) in [5, 5.41) is -0.860. The number of allylic oxidation sites excluding steroid dienone is 4. The van der Waals surface area contributed by atoms with Crippen molar-refractivity contribution >= 4 is 39.7 Å². The summed E-state index contributed by atoms with van der Waals surface area (Å²) in [5.74, 6) is -0.503. The van der Waals surface area contributed by atoms with Gasteiger partial charge in [0.1, 0.15) is 0 Å². The van der Waals surface area contributed by atoms with Gasteiger partial charge in [-0.1, -0.05) is 63.3 Å². The molecule has 0 aliphatic rings. The van der Waals surface area contributed by atoms with Crippen LogP contribution in [0.15, 0.2) is 24.3 Å². The zero-order valence-electron chi connectivity index (χ0n) is 18.3. The van der Waals surface area contributed by atoms with E-state index in [1.165, 1.54) is 65.2 Å². The summed E-state index contributed by atoms with van der Waals surface area (Å²) in [5.41, 5.74) is 0. The van der Waals surface area contributed by atoms with Gasteiger partial charge in [0.25, 0.3) is 5.24 Å². The highest BCUT2D eigenvalue weighted by atomic mass is 35.5. The van der Waals surface area contributed by atoms with Crippen LogP contribution in [-0.4, -0.2) is 22.6 Å². The molecule has 1 atom stereocenters. The largest absolute Gasteiger partial charge is 0.453 e. The minimum Gasteiger partial charge on any atom is -0.453 e. The molecule has 0 fully saturated rings. The van der Waals surface area contributed by atoms with Crippen LogP contribution >= 0.6 is 23.2 Å². The molecule has 0 radical (unpaired) electrons. The van der Waals surface area contributed by atoms with Gasteiger partial charge in [-0.15, -0.1) is 0 Å². The maximum Gasteiger partial charge on any atom is 0.303 e. The first-order chi connectivity index (χ1) is 13.8. The summed E-state index contributed by atoms with van der Waals surface area (Å²) in [6, 6.07) is 0. The highest BCUT2D eigenvalue weighted by molar-refractivity contribution is 6.64. The zero-order valence-corrected chi connectivity index (χ0v) is 19.8. The SMILES string of the molecule is CC(=O)O[C@@H](C)C(=O)Cl.CCCCC/C=C\C/C=C\CCCCCCCC(=O)Cl. The van der Waals surface area contributed by atoms with Crippen molar-refractivity contribution in [3.05, 3.63) is 24.3 Å². The molecule has 0 aromatic carbocycles. The summed E-state index contributed by atoms with van der Waals surface area (Å²) >= 11 is 10.2. The summed E-state index contributed by atoms with van der Waals surface area (Å²) < 4.78 is 4.39. The zero-order chi connectivity index (χ0) is 22.3. The van der Waals surface area contributed by atoms with Crippen molar-refractivity contribution in [3.8, 4) is 0 Å². The molecule has 6 heteroatoms. The molecule has 168 valence electrons. The highest BCUT2D eigenvalue weighted by Crippen LogP contribution is 2.09. The monoisotopic (exact) mass is 448 g/mol. The van der Waals surface area contributed by atoms with Gasteiger partial charge in [0, 0.05) is 13.3 Å². The van der Waals surface area contributed by atoms with Crippen molar-refractivity contribution < 1.29 is 19.1 Å². The van der Waals surface area contributed by atoms with Gasteiger partial charge < -0.3 is 4.74 Å². The van der Waals surface area contributed by atoms with E-state index in [9.17, 15) is 14.4 Å². The molecule has 0 amide bonds. The summed E-state index contributed by atoms with van der Waals surface area (Å²) in [7, 11) is 0. The van der Waals surface area contributed by atoms with E-state index in [0.717, 1.165) is 19.3 Å². The molecule has 0 aromatic rings. The number of rotatable bonds is 16. The Kier molecular flexibility index (Phi) is 24.0. The Morgan fingerprint density at radius 2 is 1.34 bits per heavy atom. The second-order valence-electron chi connectivity index (χ2n) is 6.89. The lowest BCUT2D eigenvalue weighted by Gasteiger charge is -2.04. The minimum atomic E-state index is -0.829. The molecule has 0 saturated carbocycles. The average molecular weight is 449 g/mol. The number of unbranched alkanes of at least 4 members (excludes halogenated alkanes) is 8. The number of ether oxygens (including phenoxy) is 1. The topological polar surface area (TPSA) is 60.4 Å². The number of hydrogen-bond acceptors (Lipinski definition) is 4. The standard InChI is InChI=1S/C18H31ClO.C5H7ClO3/c1-2-3-4-5-6-7-8-9-10-11-12-13-14-15-16-17-18(19)20;1-3(5(6)8)9-4(2)7/h6-7,9-10H,2-5,8,11-17H2,1H3;3H,1-2H3/b7-6-,10-9-;/t;3-/m.0/s1. The number of esters is 1. The first-order valence-corrected chi connectivity index (χ1v) is 11.4. The molecule has 0 aliphatic heterocycles. The predicted octanol–water partition coefficient (Wildman–Crippen LogP) is 7.27. The molecule has 0 bridgehead atoms. The predicted molar refractivity (Wildman–Crippen MR) is 122 cm³/mol. The number of halogens is 2. The molecule has 29 heavy (non-hydrogen) atoms. The molecule has 0 saturated heterocycles. The normalized spacial score (nSPS) is 11.9. The van der Waals surface area contributed by atoms with Crippen LogP contribution in [0.5, 0.6) is 0 Å². The second-order valence-corrected chi connectivity index (χ2v) is 7.69. The smallest absolute Gasteiger partial charge is 0.303 e. The maximum atomic E-state index is 10.5. The van der Waals surface area contributed by atoms with Crippen LogP contribution in [0.4, 0.5) is 0 Å². The third kappa shape index (κ3) is 29.2. The van der Waals surface area contributed by atoms with Crippen LogP contribution < -0.4 is 0 Å². The number of carbonyl (C=O) groups excluding carboxylic acids is 3. The molecule has 0 spiro atoms. The van der Waals surface area contributed by atoms with Crippen molar-refractivity contribution in [3.63, 3.8) is 0 Å². The number of carbonyl (C=O) groups is 3. The molecular weight excluding hydrogens is 411 g/mol. The quantitative estimate of drug-likeness (QED) is 0.108. The Morgan fingerprint density at radius 3 is 1.79 bits per heavy atom. The van der Waals surface area contributed by atoms with E-state index < -0.39 is 17.3 Å². The van der Waals surface area contributed by atoms with Crippen molar-refractivity contribution in [2.45, 2.75) is 104 Å². The van der Waals surface area contributed by atoms with Gasteiger partial charge in [0.2, 0.25) is 5.24 Å². The molecule has 0 N–H and O–H groups in total. The van der Waals surface area contributed by atoms with Crippen molar-refractivity contribution in [2.75, 3.05) is 0 Å². The van der Waals surface area contributed by atoms with E-state index in [2.05, 4.69) is 36.0 Å². The molecule has 0 aliphatic carbocycles. The Labute approximate surface area is 187 Å². The fraction of sp³-hybridized carbons (Fsp3) is 0.696. The fourth-order valence-corrected chi connectivity index (χ4v) is 2.55. The molecular formula is C23H38Cl2O4. The minimum absolute atomic E-state index is 0.198. The summed E-state index contributed by atoms with van der Waals surface area (Å²) in [6.45, 7) is 4.87. The van der Waals surface area contributed by atoms with Gasteiger partial charge >= 0.3 is 5.97 Å². The Morgan fingerprint density at radius 1 is 0.828 bits per heavy atom. The van der Waals surface area contributed by atoms with Crippen LogP contribution in [0.3, 0.4) is 0 Å². The van der Waals surface area contributed by atoms with Gasteiger partial charge in [0.05, 0.1) is 0 Å². The Balaban J connectivity index is 0. The van der Waals surface area contributed by atoms with Crippen molar-refractivity contribution in [1.82, 2.24) is 0 Å². The second kappa shape index (κ2) is 23.2. The van der Waals surface area contributed by atoms with Crippen molar-refractivity contribution in [2.24, 2.45) is 0 Å². The lowest BCUT2D eigenvalue weighted by atomic mass is 10.1. The van der Waals surface area contributed by atoms with Gasteiger partial charge in [-0.05, 0) is 68.7 Å². The first kappa shape index (κ1) is 30.1. The van der Waals surface area contributed by atoms with E-state index in [0.29, 0.717) is 6.42 Å². The highest BCUT2D eigenvalue weighted by Gasteiger charge is 2.11. The van der Waals surface area contributed by atoms with E-state index in [4.69, 9.17) is 23.2 Å². The third-order valence-corrected chi connectivity index (χ3v) is 4.48. The average Bonchev–Trinajstić information content (AvgIpc) is 2.64. The van der Waals surface area contributed by atoms with Crippen LogP contribution in [0.2, 0.25) is 0 Å². The van der Waals surface area contributed by atoms with E-state index in [1.807, 2.05) is 0 Å². The third-order valence-electron chi connectivity index (χ3n) is 3.99. The Bertz CT molecular complexity index is 487. The first-order valence-electron chi connectivity index (χ1n) is 10.7. The summed E-state index contributed by atoms with van der Waals surface area (Å²) in [4.78, 5) is 30.8. The van der Waals surface area contributed by atoms with Gasteiger partial charge in [0.15, 0.2) is 6.10 Å².